The molecule has 5 heteroatoms. The number of carbonyl (C=O) groups is 1. The van der Waals surface area contributed by atoms with Crippen molar-refractivity contribution in [2.45, 2.75) is 6.42 Å². The molecule has 1 aliphatic heterocycles. The fourth-order valence-corrected chi connectivity index (χ4v) is 2.45. The number of fused-ring (bicyclic) bond motifs is 1. The summed E-state index contributed by atoms with van der Waals surface area (Å²) < 4.78 is 1.18. The summed E-state index contributed by atoms with van der Waals surface area (Å²) in [7, 11) is 0. The fraction of sp³-hybridized carbons (Fsp3) is 0.0714. The number of hydrogen-bond donors (Lipinski definition) is 3. The summed E-state index contributed by atoms with van der Waals surface area (Å²) in [5.41, 5.74) is 10.2. The van der Waals surface area contributed by atoms with Gasteiger partial charge in [0.25, 0.3) is 0 Å². The fourth-order valence-electron chi connectivity index (χ4n) is 2.09. The molecule has 19 heavy (non-hydrogen) atoms. The Labute approximate surface area is 124 Å². The number of carbonyl (C=O) groups excluding carboxylic acids is 1. The van der Waals surface area contributed by atoms with Crippen LogP contribution in [0.1, 0.15) is 5.56 Å². The SMILES string of the molecule is Nc1cc2c(cc1Nc1ccc(I)cc1)NC(=O)C2. The summed E-state index contributed by atoms with van der Waals surface area (Å²) in [6, 6.07) is 11.8. The summed E-state index contributed by atoms with van der Waals surface area (Å²) in [6.45, 7) is 0. The van der Waals surface area contributed by atoms with E-state index in [4.69, 9.17) is 5.73 Å². The Morgan fingerprint density at radius 3 is 2.68 bits per heavy atom. The smallest absolute Gasteiger partial charge is 0.228 e. The molecule has 1 aliphatic rings. The van der Waals surface area contributed by atoms with Crippen LogP contribution in [0.3, 0.4) is 0 Å². The second-order valence-electron chi connectivity index (χ2n) is 4.45. The zero-order valence-electron chi connectivity index (χ0n) is 10.0. The second-order valence-corrected chi connectivity index (χ2v) is 5.70. The molecule has 0 bridgehead atoms. The summed E-state index contributed by atoms with van der Waals surface area (Å²) in [5.74, 6) is 0.0146. The van der Waals surface area contributed by atoms with Gasteiger partial charge in [-0.05, 0) is 64.6 Å². The Morgan fingerprint density at radius 1 is 1.21 bits per heavy atom. The van der Waals surface area contributed by atoms with Crippen LogP contribution in [-0.4, -0.2) is 5.91 Å². The number of hydrogen-bond acceptors (Lipinski definition) is 3. The van der Waals surface area contributed by atoms with Crippen molar-refractivity contribution in [1.82, 2.24) is 0 Å². The molecule has 0 saturated carbocycles. The van der Waals surface area contributed by atoms with Crippen LogP contribution in [0.2, 0.25) is 0 Å². The monoisotopic (exact) mass is 365 g/mol. The molecule has 1 amide bonds. The van der Waals surface area contributed by atoms with Crippen LogP contribution >= 0.6 is 22.6 Å². The van der Waals surface area contributed by atoms with E-state index in [9.17, 15) is 4.79 Å². The Balaban J connectivity index is 1.91. The van der Waals surface area contributed by atoms with Gasteiger partial charge in [0, 0.05) is 14.9 Å². The number of benzene rings is 2. The van der Waals surface area contributed by atoms with Gasteiger partial charge in [-0.3, -0.25) is 4.79 Å². The maximum atomic E-state index is 11.3. The zero-order valence-corrected chi connectivity index (χ0v) is 12.2. The lowest BCUT2D eigenvalue weighted by molar-refractivity contribution is -0.115. The van der Waals surface area contributed by atoms with E-state index in [0.717, 1.165) is 22.6 Å². The van der Waals surface area contributed by atoms with E-state index in [1.54, 1.807) is 0 Å². The third-order valence-electron chi connectivity index (χ3n) is 3.02. The molecule has 0 aliphatic carbocycles. The first kappa shape index (κ1) is 12.3. The van der Waals surface area contributed by atoms with Gasteiger partial charge in [-0.25, -0.2) is 0 Å². The molecule has 2 aromatic rings. The lowest BCUT2D eigenvalue weighted by Gasteiger charge is -2.11. The highest BCUT2D eigenvalue weighted by atomic mass is 127. The molecular formula is C14H12IN3O. The Morgan fingerprint density at radius 2 is 1.95 bits per heavy atom. The van der Waals surface area contributed by atoms with Crippen molar-refractivity contribution >= 4 is 51.2 Å². The van der Waals surface area contributed by atoms with E-state index < -0.39 is 0 Å². The van der Waals surface area contributed by atoms with Crippen LogP contribution in [-0.2, 0) is 11.2 Å². The molecule has 96 valence electrons. The first-order valence-corrected chi connectivity index (χ1v) is 6.94. The Kier molecular flexibility index (Phi) is 3.06. The predicted octanol–water partition coefficient (Wildman–Crippen LogP) is 3.11. The van der Waals surface area contributed by atoms with Gasteiger partial charge in [0.1, 0.15) is 0 Å². The number of anilines is 4. The van der Waals surface area contributed by atoms with E-state index >= 15 is 0 Å². The average molecular weight is 365 g/mol. The summed E-state index contributed by atoms with van der Waals surface area (Å²) >= 11 is 2.26. The first-order valence-electron chi connectivity index (χ1n) is 5.86. The lowest BCUT2D eigenvalue weighted by atomic mass is 10.1. The van der Waals surface area contributed by atoms with Crippen LogP contribution in [0.25, 0.3) is 0 Å². The predicted molar refractivity (Wildman–Crippen MR) is 85.6 cm³/mol. The third-order valence-corrected chi connectivity index (χ3v) is 3.74. The van der Waals surface area contributed by atoms with Gasteiger partial charge >= 0.3 is 0 Å². The molecule has 0 saturated heterocycles. The number of halogens is 1. The first-order chi connectivity index (χ1) is 9.11. The van der Waals surface area contributed by atoms with E-state index in [1.165, 1.54) is 3.57 Å². The largest absolute Gasteiger partial charge is 0.397 e. The molecule has 4 nitrogen and oxygen atoms in total. The number of nitrogens with one attached hydrogen (secondary N) is 2. The van der Waals surface area contributed by atoms with Crippen LogP contribution in [0, 0.1) is 3.57 Å². The van der Waals surface area contributed by atoms with Crippen molar-refractivity contribution in [2.24, 2.45) is 0 Å². The molecule has 2 aromatic carbocycles. The molecule has 0 atom stereocenters. The minimum absolute atomic E-state index is 0.0146. The Hall–Kier alpha value is -1.76. The highest BCUT2D eigenvalue weighted by molar-refractivity contribution is 14.1. The van der Waals surface area contributed by atoms with Crippen molar-refractivity contribution in [3.63, 3.8) is 0 Å². The quantitative estimate of drug-likeness (QED) is 0.566. The molecule has 3 rings (SSSR count). The van der Waals surface area contributed by atoms with Crippen LogP contribution in [0.15, 0.2) is 36.4 Å². The zero-order chi connectivity index (χ0) is 13.4. The van der Waals surface area contributed by atoms with E-state index in [2.05, 4.69) is 33.2 Å². The second kappa shape index (κ2) is 4.73. The number of nitrogens with two attached hydrogens (primary N) is 1. The molecule has 0 radical (unpaired) electrons. The standard InChI is InChI=1S/C14H12IN3O/c15-9-1-3-10(4-2-9)17-13-7-12-8(5-11(13)16)6-14(19)18-12/h1-5,7,17H,6,16H2,(H,18,19). The average Bonchev–Trinajstić information content (AvgIpc) is 2.72. The number of rotatable bonds is 2. The van der Waals surface area contributed by atoms with Crippen molar-refractivity contribution in [2.75, 3.05) is 16.4 Å². The molecule has 4 N–H and O–H groups in total. The normalized spacial score (nSPS) is 13.0. The lowest BCUT2D eigenvalue weighted by Crippen LogP contribution is -2.03. The minimum Gasteiger partial charge on any atom is -0.397 e. The molecule has 0 unspecified atom stereocenters. The summed E-state index contributed by atoms with van der Waals surface area (Å²) in [6.07, 6.45) is 0.406. The topological polar surface area (TPSA) is 67.2 Å². The third kappa shape index (κ3) is 2.51. The Bertz CT molecular complexity index is 652. The van der Waals surface area contributed by atoms with E-state index in [1.807, 2.05) is 36.4 Å². The van der Waals surface area contributed by atoms with Gasteiger partial charge in [0.2, 0.25) is 5.91 Å². The van der Waals surface area contributed by atoms with E-state index in [0.29, 0.717) is 12.1 Å². The van der Waals surface area contributed by atoms with Gasteiger partial charge in [0.15, 0.2) is 0 Å². The minimum atomic E-state index is 0.0146. The molecular weight excluding hydrogens is 353 g/mol. The van der Waals surface area contributed by atoms with Crippen molar-refractivity contribution in [3.8, 4) is 0 Å². The van der Waals surface area contributed by atoms with Crippen LogP contribution < -0.4 is 16.4 Å². The van der Waals surface area contributed by atoms with Gasteiger partial charge in [-0.1, -0.05) is 0 Å². The number of nitrogen functional groups attached to an aromatic ring is 1. The van der Waals surface area contributed by atoms with Gasteiger partial charge < -0.3 is 16.4 Å². The molecule has 0 spiro atoms. The molecule has 0 aromatic heterocycles. The van der Waals surface area contributed by atoms with Gasteiger partial charge in [-0.2, -0.15) is 0 Å². The summed E-state index contributed by atoms with van der Waals surface area (Å²) in [5, 5.41) is 6.09. The van der Waals surface area contributed by atoms with Crippen LogP contribution in [0.4, 0.5) is 22.7 Å². The summed E-state index contributed by atoms with van der Waals surface area (Å²) in [4.78, 5) is 11.3. The number of amides is 1. The maximum Gasteiger partial charge on any atom is 0.228 e. The van der Waals surface area contributed by atoms with Crippen molar-refractivity contribution < 1.29 is 4.79 Å². The maximum absolute atomic E-state index is 11.3. The van der Waals surface area contributed by atoms with Crippen molar-refractivity contribution in [1.29, 1.82) is 0 Å². The van der Waals surface area contributed by atoms with Crippen molar-refractivity contribution in [3.05, 3.63) is 45.5 Å². The van der Waals surface area contributed by atoms with Crippen LogP contribution in [0.5, 0.6) is 0 Å². The van der Waals surface area contributed by atoms with E-state index in [-0.39, 0.29) is 5.91 Å². The molecule has 1 heterocycles. The highest BCUT2D eigenvalue weighted by Crippen LogP contribution is 2.33. The van der Waals surface area contributed by atoms with Gasteiger partial charge in [-0.15, -0.1) is 0 Å². The molecule has 0 fully saturated rings. The highest BCUT2D eigenvalue weighted by Gasteiger charge is 2.19. The van der Waals surface area contributed by atoms with Gasteiger partial charge in [0.05, 0.1) is 17.8 Å².